The number of carbonyl (C=O) groups excluding carboxylic acids is 1. The Morgan fingerprint density at radius 1 is 1.24 bits per heavy atom. The maximum Gasteiger partial charge on any atom is 0.318 e. The Labute approximate surface area is 153 Å². The van der Waals surface area contributed by atoms with Gasteiger partial charge in [-0.25, -0.2) is 14.8 Å². The van der Waals surface area contributed by atoms with Crippen molar-refractivity contribution in [3.05, 3.63) is 33.4 Å². The van der Waals surface area contributed by atoms with Gasteiger partial charge >= 0.3 is 6.03 Å². The Morgan fingerprint density at radius 2 is 2.00 bits per heavy atom. The number of nitrogen functional groups attached to an aromatic ring is 1. The highest BCUT2D eigenvalue weighted by molar-refractivity contribution is 6.37. The number of rotatable bonds is 2. The standard InChI is InChI=1S/C16H15Cl2N5O2/c17-10-4-11(18)13(24)3-8(10)14-9-5-23(16(25)20-7-1-2-7)6-12(9)21-15(19)22-14/h3-4,7,24H,1-2,5-6H2,(H,20,25)(H2,19,21,22). The summed E-state index contributed by atoms with van der Waals surface area (Å²) >= 11 is 12.2. The number of benzene rings is 1. The van der Waals surface area contributed by atoms with Crippen LogP contribution in [0.1, 0.15) is 24.1 Å². The second-order valence-corrected chi connectivity index (χ2v) is 7.03. The van der Waals surface area contributed by atoms with Gasteiger partial charge in [-0.15, -0.1) is 0 Å². The number of aromatic nitrogens is 2. The summed E-state index contributed by atoms with van der Waals surface area (Å²) in [5.41, 5.74) is 8.27. The van der Waals surface area contributed by atoms with Gasteiger partial charge in [0.05, 0.1) is 34.5 Å². The van der Waals surface area contributed by atoms with E-state index in [4.69, 9.17) is 28.9 Å². The molecule has 4 N–H and O–H groups in total. The Kier molecular flexibility index (Phi) is 3.85. The van der Waals surface area contributed by atoms with Crippen LogP contribution in [0.25, 0.3) is 11.3 Å². The highest BCUT2D eigenvalue weighted by Gasteiger charge is 2.32. The van der Waals surface area contributed by atoms with Crippen LogP contribution in [0.3, 0.4) is 0 Å². The molecule has 0 saturated heterocycles. The molecular formula is C16H15Cl2N5O2. The van der Waals surface area contributed by atoms with Gasteiger partial charge in [0, 0.05) is 17.2 Å². The molecule has 2 heterocycles. The molecule has 0 radical (unpaired) electrons. The first kappa shape index (κ1) is 16.2. The molecule has 1 aromatic heterocycles. The maximum absolute atomic E-state index is 12.3. The van der Waals surface area contributed by atoms with Crippen LogP contribution in [0.5, 0.6) is 5.75 Å². The molecule has 0 unspecified atom stereocenters. The van der Waals surface area contributed by atoms with Crippen molar-refractivity contribution in [2.45, 2.75) is 32.0 Å². The summed E-state index contributed by atoms with van der Waals surface area (Å²) in [6, 6.07) is 3.04. The van der Waals surface area contributed by atoms with Crippen LogP contribution < -0.4 is 11.1 Å². The summed E-state index contributed by atoms with van der Waals surface area (Å²) in [7, 11) is 0. The number of aromatic hydroxyl groups is 1. The highest BCUT2D eigenvalue weighted by Crippen LogP contribution is 2.39. The van der Waals surface area contributed by atoms with Crippen LogP contribution in [-0.4, -0.2) is 32.0 Å². The van der Waals surface area contributed by atoms with Gasteiger partial charge in [0.25, 0.3) is 0 Å². The monoisotopic (exact) mass is 379 g/mol. The van der Waals surface area contributed by atoms with Gasteiger partial charge in [0.1, 0.15) is 5.75 Å². The lowest BCUT2D eigenvalue weighted by Gasteiger charge is -2.16. The van der Waals surface area contributed by atoms with E-state index in [-0.39, 0.29) is 28.8 Å². The average Bonchev–Trinajstić information content (AvgIpc) is 3.26. The lowest BCUT2D eigenvalue weighted by atomic mass is 10.1. The molecule has 2 aromatic rings. The summed E-state index contributed by atoms with van der Waals surface area (Å²) in [5, 5.41) is 13.4. The topological polar surface area (TPSA) is 104 Å². The predicted molar refractivity (Wildman–Crippen MR) is 94.4 cm³/mol. The Morgan fingerprint density at radius 3 is 2.72 bits per heavy atom. The summed E-state index contributed by atoms with van der Waals surface area (Å²) in [5.74, 6) is -0.0166. The molecule has 1 fully saturated rings. The fourth-order valence-electron chi connectivity index (χ4n) is 2.85. The fourth-order valence-corrected chi connectivity index (χ4v) is 3.33. The van der Waals surface area contributed by atoms with Crippen molar-refractivity contribution in [1.82, 2.24) is 20.2 Å². The first-order chi connectivity index (χ1) is 11.9. The van der Waals surface area contributed by atoms with Gasteiger partial charge in [-0.3, -0.25) is 0 Å². The number of halogens is 2. The smallest absolute Gasteiger partial charge is 0.318 e. The second kappa shape index (κ2) is 5.93. The quantitative estimate of drug-likeness (QED) is 0.743. The molecule has 1 aliphatic heterocycles. The van der Waals surface area contributed by atoms with Gasteiger partial charge < -0.3 is 21.1 Å². The lowest BCUT2D eigenvalue weighted by molar-refractivity contribution is 0.197. The zero-order valence-electron chi connectivity index (χ0n) is 13.1. The first-order valence-corrected chi connectivity index (χ1v) is 8.57. The molecule has 4 rings (SSSR count). The van der Waals surface area contributed by atoms with E-state index < -0.39 is 0 Å². The van der Waals surface area contributed by atoms with Crippen LogP contribution in [0.4, 0.5) is 10.7 Å². The van der Waals surface area contributed by atoms with Crippen LogP contribution >= 0.6 is 23.2 Å². The third-order valence-electron chi connectivity index (χ3n) is 4.28. The minimum atomic E-state index is -0.130. The van der Waals surface area contributed by atoms with Crippen molar-refractivity contribution >= 4 is 35.2 Å². The minimum Gasteiger partial charge on any atom is -0.506 e. The maximum atomic E-state index is 12.3. The zero-order valence-corrected chi connectivity index (χ0v) is 14.6. The number of phenolic OH excluding ortho intramolecular Hbond substituents is 1. The number of nitrogens with one attached hydrogen (secondary N) is 1. The second-order valence-electron chi connectivity index (χ2n) is 6.22. The summed E-state index contributed by atoms with van der Waals surface area (Å²) in [6.45, 7) is 0.702. The third-order valence-corrected chi connectivity index (χ3v) is 4.90. The summed E-state index contributed by atoms with van der Waals surface area (Å²) < 4.78 is 0. The molecule has 2 amide bonds. The molecular weight excluding hydrogens is 365 g/mol. The van der Waals surface area contributed by atoms with E-state index in [0.29, 0.717) is 35.1 Å². The molecule has 0 bridgehead atoms. The van der Waals surface area contributed by atoms with Crippen molar-refractivity contribution in [2.24, 2.45) is 0 Å². The van der Waals surface area contributed by atoms with Gasteiger partial charge in [0.2, 0.25) is 5.95 Å². The number of amides is 2. The molecule has 0 atom stereocenters. The summed E-state index contributed by atoms with van der Waals surface area (Å²) in [6.07, 6.45) is 2.04. The molecule has 1 saturated carbocycles. The predicted octanol–water partition coefficient (Wildman–Crippen LogP) is 2.93. The number of phenols is 1. The number of fused-ring (bicyclic) bond motifs is 1. The SMILES string of the molecule is Nc1nc2c(c(-c3cc(O)c(Cl)cc3Cl)n1)CN(C(=O)NC1CC1)C2. The number of nitrogens with two attached hydrogens (primary N) is 1. The van der Waals surface area contributed by atoms with Crippen molar-refractivity contribution < 1.29 is 9.90 Å². The fraction of sp³-hybridized carbons (Fsp3) is 0.312. The van der Waals surface area contributed by atoms with E-state index in [9.17, 15) is 9.90 Å². The average molecular weight is 380 g/mol. The molecule has 7 nitrogen and oxygen atoms in total. The van der Waals surface area contributed by atoms with Crippen LogP contribution in [0.15, 0.2) is 12.1 Å². The van der Waals surface area contributed by atoms with Gasteiger partial charge in [0.15, 0.2) is 0 Å². The molecule has 2 aliphatic rings. The van der Waals surface area contributed by atoms with Crippen LogP contribution in [0, 0.1) is 0 Å². The van der Waals surface area contributed by atoms with Gasteiger partial charge in [-0.05, 0) is 25.0 Å². The van der Waals surface area contributed by atoms with Gasteiger partial charge in [-0.1, -0.05) is 23.2 Å². The number of anilines is 1. The number of nitrogens with zero attached hydrogens (tertiary/aromatic N) is 3. The van der Waals surface area contributed by atoms with E-state index >= 15 is 0 Å². The molecule has 130 valence electrons. The van der Waals surface area contributed by atoms with E-state index in [0.717, 1.165) is 18.4 Å². The van der Waals surface area contributed by atoms with Crippen LogP contribution in [0.2, 0.25) is 10.0 Å². The Bertz CT molecular complexity index is 885. The minimum absolute atomic E-state index is 0.0868. The van der Waals surface area contributed by atoms with Crippen molar-refractivity contribution in [1.29, 1.82) is 0 Å². The Hall–Kier alpha value is -2.25. The molecule has 9 heteroatoms. The number of hydrogen-bond acceptors (Lipinski definition) is 5. The molecule has 0 spiro atoms. The van der Waals surface area contributed by atoms with E-state index in [1.807, 2.05) is 0 Å². The lowest BCUT2D eigenvalue weighted by Crippen LogP contribution is -2.37. The largest absolute Gasteiger partial charge is 0.506 e. The zero-order chi connectivity index (χ0) is 17.7. The van der Waals surface area contributed by atoms with E-state index in [1.165, 1.54) is 12.1 Å². The van der Waals surface area contributed by atoms with Gasteiger partial charge in [-0.2, -0.15) is 0 Å². The number of hydrogen-bond donors (Lipinski definition) is 3. The highest BCUT2D eigenvalue weighted by atomic mass is 35.5. The number of carbonyl (C=O) groups is 1. The first-order valence-electron chi connectivity index (χ1n) is 7.81. The number of urea groups is 1. The van der Waals surface area contributed by atoms with E-state index in [1.54, 1.807) is 4.90 Å². The Balaban J connectivity index is 1.72. The van der Waals surface area contributed by atoms with Crippen molar-refractivity contribution in [3.63, 3.8) is 0 Å². The van der Waals surface area contributed by atoms with Crippen molar-refractivity contribution in [3.8, 4) is 17.0 Å². The summed E-state index contributed by atoms with van der Waals surface area (Å²) in [4.78, 5) is 22.5. The normalized spacial score (nSPS) is 16.0. The van der Waals surface area contributed by atoms with Crippen LogP contribution in [-0.2, 0) is 13.1 Å². The molecule has 25 heavy (non-hydrogen) atoms. The molecule has 1 aromatic carbocycles. The van der Waals surface area contributed by atoms with Crippen molar-refractivity contribution in [2.75, 3.05) is 5.73 Å². The van der Waals surface area contributed by atoms with E-state index in [2.05, 4.69) is 15.3 Å². The molecule has 1 aliphatic carbocycles. The third kappa shape index (κ3) is 3.05.